The van der Waals surface area contributed by atoms with Gasteiger partial charge in [-0.1, -0.05) is 12.1 Å². The van der Waals surface area contributed by atoms with Crippen LogP contribution in [0.25, 0.3) is 5.69 Å². The van der Waals surface area contributed by atoms with Gasteiger partial charge in [-0.25, -0.2) is 14.6 Å². The number of rotatable bonds is 4. The maximum Gasteiger partial charge on any atom is 0.150 e. The molecule has 2 aromatic heterocycles. The first kappa shape index (κ1) is 16.7. The highest BCUT2D eigenvalue weighted by Gasteiger charge is 2.20. The lowest BCUT2D eigenvalue weighted by molar-refractivity contribution is 0.249. The zero-order valence-electron chi connectivity index (χ0n) is 15.2. The van der Waals surface area contributed by atoms with Crippen molar-refractivity contribution in [2.75, 3.05) is 31.1 Å². The number of benzene rings is 1. The number of aromatic nitrogens is 5. The van der Waals surface area contributed by atoms with Crippen molar-refractivity contribution in [2.24, 2.45) is 0 Å². The molecule has 0 saturated carbocycles. The van der Waals surface area contributed by atoms with Crippen LogP contribution in [0.15, 0.2) is 43.1 Å². The molecule has 26 heavy (non-hydrogen) atoms. The fourth-order valence-electron chi connectivity index (χ4n) is 3.30. The van der Waals surface area contributed by atoms with Crippen molar-refractivity contribution in [2.45, 2.75) is 20.4 Å². The molecule has 0 radical (unpaired) electrons. The molecule has 1 aromatic carbocycles. The second-order valence-electron chi connectivity index (χ2n) is 6.69. The van der Waals surface area contributed by atoms with E-state index in [2.05, 4.69) is 54.1 Å². The van der Waals surface area contributed by atoms with Gasteiger partial charge in [-0.05, 0) is 31.5 Å². The molecule has 0 amide bonds. The molecule has 3 heterocycles. The average molecular weight is 349 g/mol. The van der Waals surface area contributed by atoms with Gasteiger partial charge in [0, 0.05) is 38.9 Å². The number of hydrogen-bond donors (Lipinski definition) is 0. The van der Waals surface area contributed by atoms with Crippen molar-refractivity contribution < 1.29 is 0 Å². The molecule has 1 aliphatic rings. The maximum absolute atomic E-state index is 4.67. The first-order valence-corrected chi connectivity index (χ1v) is 8.90. The minimum absolute atomic E-state index is 0.962. The van der Waals surface area contributed by atoms with Crippen molar-refractivity contribution in [3.05, 3.63) is 60.1 Å². The summed E-state index contributed by atoms with van der Waals surface area (Å²) in [6.07, 6.45) is 5.09. The van der Waals surface area contributed by atoms with Gasteiger partial charge in [0.1, 0.15) is 18.5 Å². The fraction of sp³-hybridized carbons (Fsp3) is 0.368. The van der Waals surface area contributed by atoms with Crippen molar-refractivity contribution in [3.63, 3.8) is 0 Å². The summed E-state index contributed by atoms with van der Waals surface area (Å²) >= 11 is 0. The monoisotopic (exact) mass is 349 g/mol. The number of anilines is 1. The van der Waals surface area contributed by atoms with Gasteiger partial charge in [-0.15, -0.1) is 0 Å². The zero-order chi connectivity index (χ0) is 17.9. The molecule has 1 fully saturated rings. The Morgan fingerprint density at radius 3 is 2.46 bits per heavy atom. The summed E-state index contributed by atoms with van der Waals surface area (Å²) in [5.74, 6) is 1.03. The highest BCUT2D eigenvalue weighted by atomic mass is 15.3. The van der Waals surface area contributed by atoms with Crippen molar-refractivity contribution >= 4 is 5.82 Å². The van der Waals surface area contributed by atoms with E-state index in [1.807, 2.05) is 20.0 Å². The first-order chi connectivity index (χ1) is 12.7. The summed E-state index contributed by atoms with van der Waals surface area (Å²) in [5, 5.41) is 4.16. The van der Waals surface area contributed by atoms with Crippen LogP contribution in [-0.4, -0.2) is 55.8 Å². The van der Waals surface area contributed by atoms with Gasteiger partial charge < -0.3 is 4.90 Å². The van der Waals surface area contributed by atoms with E-state index < -0.39 is 0 Å². The van der Waals surface area contributed by atoms with Crippen LogP contribution >= 0.6 is 0 Å². The second kappa shape index (κ2) is 7.21. The van der Waals surface area contributed by atoms with E-state index >= 15 is 0 Å². The van der Waals surface area contributed by atoms with E-state index in [1.165, 1.54) is 5.56 Å². The number of piperazine rings is 1. The summed E-state index contributed by atoms with van der Waals surface area (Å²) in [6.45, 7) is 9.01. The predicted molar refractivity (Wildman–Crippen MR) is 100 cm³/mol. The number of hydrogen-bond acceptors (Lipinski definition) is 6. The smallest absolute Gasteiger partial charge is 0.150 e. The molecule has 134 valence electrons. The highest BCUT2D eigenvalue weighted by molar-refractivity contribution is 5.43. The van der Waals surface area contributed by atoms with Gasteiger partial charge in [0.25, 0.3) is 0 Å². The number of nitrogens with zero attached hydrogens (tertiary/aromatic N) is 7. The average Bonchev–Trinajstić information content (AvgIpc) is 3.20. The molecule has 0 spiro atoms. The van der Waals surface area contributed by atoms with Crippen LogP contribution in [0, 0.1) is 13.8 Å². The molecule has 0 bridgehead atoms. The maximum atomic E-state index is 4.67. The Hall–Kier alpha value is -2.80. The van der Waals surface area contributed by atoms with Crippen LogP contribution < -0.4 is 4.90 Å². The molecule has 1 aliphatic heterocycles. The Labute approximate surface area is 153 Å². The summed E-state index contributed by atoms with van der Waals surface area (Å²) < 4.78 is 1.77. The Bertz CT molecular complexity index is 850. The highest BCUT2D eigenvalue weighted by Crippen LogP contribution is 2.18. The van der Waals surface area contributed by atoms with E-state index in [1.54, 1.807) is 17.3 Å². The van der Waals surface area contributed by atoms with E-state index in [9.17, 15) is 0 Å². The van der Waals surface area contributed by atoms with Gasteiger partial charge in [-0.2, -0.15) is 5.10 Å². The molecule has 0 aliphatic carbocycles. The van der Waals surface area contributed by atoms with Crippen LogP contribution in [-0.2, 0) is 6.54 Å². The van der Waals surface area contributed by atoms with Gasteiger partial charge >= 0.3 is 0 Å². The molecule has 3 aromatic rings. The van der Waals surface area contributed by atoms with Crippen molar-refractivity contribution in [1.29, 1.82) is 0 Å². The van der Waals surface area contributed by atoms with E-state index in [4.69, 9.17) is 0 Å². The molecule has 7 heteroatoms. The zero-order valence-corrected chi connectivity index (χ0v) is 15.2. The van der Waals surface area contributed by atoms with Gasteiger partial charge in [0.2, 0.25) is 0 Å². The quantitative estimate of drug-likeness (QED) is 0.718. The lowest BCUT2D eigenvalue weighted by Crippen LogP contribution is -2.46. The molecule has 0 N–H and O–H groups in total. The lowest BCUT2D eigenvalue weighted by Gasteiger charge is -2.35. The Balaban J connectivity index is 1.36. The minimum atomic E-state index is 0.962. The SMILES string of the molecule is Cc1cnc(C)c(N2CCN(Cc3ccc(-n4cncn4)cc3)CC2)n1. The topological polar surface area (TPSA) is 63.0 Å². The molecule has 7 nitrogen and oxygen atoms in total. The Kier molecular flexibility index (Phi) is 4.62. The van der Waals surface area contributed by atoms with Crippen molar-refractivity contribution in [1.82, 2.24) is 29.6 Å². The molecule has 4 rings (SSSR count). The largest absolute Gasteiger partial charge is 0.353 e. The van der Waals surface area contributed by atoms with E-state index in [0.717, 1.165) is 55.6 Å². The summed E-state index contributed by atoms with van der Waals surface area (Å²) in [6, 6.07) is 8.51. The summed E-state index contributed by atoms with van der Waals surface area (Å²) in [7, 11) is 0. The molecule has 0 unspecified atom stereocenters. The lowest BCUT2D eigenvalue weighted by atomic mass is 10.1. The third kappa shape index (κ3) is 3.57. The van der Waals surface area contributed by atoms with Crippen LogP contribution in [0.5, 0.6) is 0 Å². The van der Waals surface area contributed by atoms with Crippen LogP contribution in [0.3, 0.4) is 0 Å². The van der Waals surface area contributed by atoms with Crippen LogP contribution in [0.4, 0.5) is 5.82 Å². The normalized spacial score (nSPS) is 15.4. The first-order valence-electron chi connectivity index (χ1n) is 8.90. The van der Waals surface area contributed by atoms with Gasteiger partial charge in [0.05, 0.1) is 17.1 Å². The van der Waals surface area contributed by atoms with Gasteiger partial charge in [0.15, 0.2) is 0 Å². The molecule has 0 atom stereocenters. The van der Waals surface area contributed by atoms with Crippen LogP contribution in [0.1, 0.15) is 17.0 Å². The fourth-order valence-corrected chi connectivity index (χ4v) is 3.30. The van der Waals surface area contributed by atoms with Crippen LogP contribution in [0.2, 0.25) is 0 Å². The van der Waals surface area contributed by atoms with E-state index in [-0.39, 0.29) is 0 Å². The number of aryl methyl sites for hydroxylation is 2. The summed E-state index contributed by atoms with van der Waals surface area (Å²) in [4.78, 5) is 17.9. The third-order valence-electron chi connectivity index (χ3n) is 4.75. The Morgan fingerprint density at radius 2 is 1.77 bits per heavy atom. The van der Waals surface area contributed by atoms with Gasteiger partial charge in [-0.3, -0.25) is 9.88 Å². The molecule has 1 saturated heterocycles. The standard InChI is InChI=1S/C19H23N7/c1-15-11-21-16(2)19(23-15)25-9-7-24(8-10-25)12-17-3-5-18(6-4-17)26-14-20-13-22-26/h3-6,11,13-14H,7-10,12H2,1-2H3. The van der Waals surface area contributed by atoms with E-state index in [0.29, 0.717) is 0 Å². The predicted octanol–water partition coefficient (Wildman–Crippen LogP) is 2.00. The molecular weight excluding hydrogens is 326 g/mol. The molecular formula is C19H23N7. The second-order valence-corrected chi connectivity index (χ2v) is 6.69. The third-order valence-corrected chi connectivity index (χ3v) is 4.75. The Morgan fingerprint density at radius 1 is 1.00 bits per heavy atom. The van der Waals surface area contributed by atoms with Crippen molar-refractivity contribution in [3.8, 4) is 5.69 Å². The summed E-state index contributed by atoms with van der Waals surface area (Å²) in [5.41, 5.74) is 4.33. The minimum Gasteiger partial charge on any atom is -0.353 e.